The van der Waals surface area contributed by atoms with Crippen molar-refractivity contribution >= 4 is 38.6 Å². The fraction of sp³-hybridized carbons (Fsp3) is 0.0933. The van der Waals surface area contributed by atoms with Crippen LogP contribution in [0.4, 0.5) is 17.1 Å². The maximum atomic E-state index is 2.49. The maximum Gasteiger partial charge on any atom is 0.0719 e. The normalized spacial score (nSPS) is 14.6. The van der Waals surface area contributed by atoms with Crippen molar-refractivity contribution in [3.63, 3.8) is 0 Å². The van der Waals surface area contributed by atoms with Crippen molar-refractivity contribution in [2.75, 3.05) is 4.90 Å². The molecule has 0 spiro atoms. The van der Waals surface area contributed by atoms with Crippen molar-refractivity contribution in [1.29, 1.82) is 0 Å². The van der Waals surface area contributed by atoms with E-state index in [1.807, 2.05) is 0 Å². The van der Waals surface area contributed by atoms with Crippen LogP contribution in [0.5, 0.6) is 0 Å². The van der Waals surface area contributed by atoms with E-state index in [0.717, 1.165) is 17.1 Å². The van der Waals surface area contributed by atoms with Gasteiger partial charge >= 0.3 is 0 Å². The van der Waals surface area contributed by atoms with E-state index in [2.05, 4.69) is 293 Å². The van der Waals surface area contributed by atoms with E-state index < -0.39 is 5.41 Å². The molecule has 0 heterocycles. The van der Waals surface area contributed by atoms with Crippen LogP contribution in [0.2, 0.25) is 0 Å². The highest BCUT2D eigenvalue weighted by Gasteiger charge is 2.48. The zero-order chi connectivity index (χ0) is 50.9. The SMILES string of the molecule is CC1(C)c2ccccc2-c2ccc(N(c3ccc(-c4c5ccccc5c(-c5cccc6c5C(c5ccccc5)(c5ccccc5)c5ccccc5-6)c5ccccc45)cc3)c3ccc4c(c3)C(C)(C)c3ccccc3-4)cc21. The first-order chi connectivity index (χ1) is 37.2. The lowest BCUT2D eigenvalue weighted by atomic mass is 9.65. The molecule has 3 aliphatic rings. The minimum atomic E-state index is -0.551. The van der Waals surface area contributed by atoms with Crippen LogP contribution < -0.4 is 4.90 Å². The number of nitrogens with zero attached hydrogens (tertiary/aromatic N) is 1. The standard InChI is InChI=1S/C75H55N/c1-73(2)65-35-18-15-26-54(65)57-44-42-52(46-68(57)73)76(53-43-45-58-55-27-16-19-36-66(55)74(3,4)69(58)47-53)51-40-38-48(39-41-51)70-59-29-11-13-31-61(59)71(62-32-14-12-30-60(62)70)64-34-21-33-63-56-28-17-20-37-67(56)75(72(63)64,49-22-7-5-8-23-49)50-24-9-6-10-25-50/h5-47H,1-4H3. The summed E-state index contributed by atoms with van der Waals surface area (Å²) in [4.78, 5) is 2.49. The molecule has 0 radical (unpaired) electrons. The van der Waals surface area contributed by atoms with Crippen molar-refractivity contribution in [2.24, 2.45) is 0 Å². The molecular weight excluding hydrogens is 915 g/mol. The summed E-state index contributed by atoms with van der Waals surface area (Å²) in [5.74, 6) is 0. The monoisotopic (exact) mass is 969 g/mol. The van der Waals surface area contributed by atoms with Crippen LogP contribution in [0.25, 0.3) is 77.2 Å². The first kappa shape index (κ1) is 44.4. The predicted molar refractivity (Wildman–Crippen MR) is 319 cm³/mol. The van der Waals surface area contributed by atoms with Crippen LogP contribution in [-0.4, -0.2) is 0 Å². The zero-order valence-electron chi connectivity index (χ0n) is 43.3. The Morgan fingerprint density at radius 2 is 0.632 bits per heavy atom. The molecule has 0 unspecified atom stereocenters. The average molecular weight is 970 g/mol. The second-order valence-corrected chi connectivity index (χ2v) is 22.3. The molecule has 1 nitrogen and oxygen atoms in total. The van der Waals surface area contributed by atoms with Gasteiger partial charge in [-0.15, -0.1) is 0 Å². The quantitative estimate of drug-likeness (QED) is 0.144. The summed E-state index contributed by atoms with van der Waals surface area (Å²) in [5.41, 5.74) is 26.1. The van der Waals surface area contributed by atoms with Gasteiger partial charge in [0.1, 0.15) is 0 Å². The van der Waals surface area contributed by atoms with Crippen LogP contribution >= 0.6 is 0 Å². The highest BCUT2D eigenvalue weighted by atomic mass is 15.1. The van der Waals surface area contributed by atoms with Gasteiger partial charge in [-0.05, 0) is 158 Å². The first-order valence-electron chi connectivity index (χ1n) is 26.9. The summed E-state index contributed by atoms with van der Waals surface area (Å²) in [6.07, 6.45) is 0. The Balaban J connectivity index is 0.926. The Hall–Kier alpha value is -9.04. The summed E-state index contributed by atoms with van der Waals surface area (Å²) in [7, 11) is 0. The van der Waals surface area contributed by atoms with E-state index in [9.17, 15) is 0 Å². The first-order valence-corrected chi connectivity index (χ1v) is 26.9. The van der Waals surface area contributed by atoms with Crippen molar-refractivity contribution in [3.05, 3.63) is 305 Å². The highest BCUT2D eigenvalue weighted by molar-refractivity contribution is 6.22. The largest absolute Gasteiger partial charge is 0.310 e. The minimum absolute atomic E-state index is 0.137. The fourth-order valence-corrected chi connectivity index (χ4v) is 14.3. The van der Waals surface area contributed by atoms with Gasteiger partial charge in [-0.25, -0.2) is 0 Å². The third-order valence-electron chi connectivity index (χ3n) is 17.7. The van der Waals surface area contributed by atoms with Gasteiger partial charge in [0.25, 0.3) is 0 Å². The minimum Gasteiger partial charge on any atom is -0.310 e. The van der Waals surface area contributed by atoms with E-state index in [-0.39, 0.29) is 10.8 Å². The number of anilines is 3. The molecule has 1 heteroatoms. The lowest BCUT2D eigenvalue weighted by molar-refractivity contribution is 0.660. The van der Waals surface area contributed by atoms with E-state index in [0.29, 0.717) is 0 Å². The molecule has 0 fully saturated rings. The van der Waals surface area contributed by atoms with Gasteiger partial charge in [-0.1, -0.05) is 252 Å². The Morgan fingerprint density at radius 1 is 0.263 bits per heavy atom. The Morgan fingerprint density at radius 3 is 1.13 bits per heavy atom. The van der Waals surface area contributed by atoms with Crippen LogP contribution in [0.1, 0.15) is 72.2 Å². The van der Waals surface area contributed by atoms with E-state index in [1.54, 1.807) is 0 Å². The van der Waals surface area contributed by atoms with Crippen molar-refractivity contribution in [2.45, 2.75) is 43.9 Å². The highest BCUT2D eigenvalue weighted by Crippen LogP contribution is 2.60. The number of fused-ring (bicyclic) bond motifs is 11. The molecule has 12 aromatic rings. The van der Waals surface area contributed by atoms with Gasteiger partial charge < -0.3 is 4.90 Å². The Bertz CT molecular complexity index is 4130. The van der Waals surface area contributed by atoms with Gasteiger partial charge in [0.15, 0.2) is 0 Å². The summed E-state index contributed by atoms with van der Waals surface area (Å²) < 4.78 is 0. The summed E-state index contributed by atoms with van der Waals surface area (Å²) in [5, 5.41) is 4.95. The molecule has 0 saturated carbocycles. The molecule has 0 aliphatic heterocycles. The fourth-order valence-electron chi connectivity index (χ4n) is 14.3. The molecule has 0 saturated heterocycles. The number of rotatable bonds is 7. The topological polar surface area (TPSA) is 3.24 Å². The van der Waals surface area contributed by atoms with E-state index in [1.165, 1.54) is 122 Å². The molecule has 0 bridgehead atoms. The zero-order valence-corrected chi connectivity index (χ0v) is 43.3. The number of hydrogen-bond acceptors (Lipinski definition) is 1. The summed E-state index contributed by atoms with van der Waals surface area (Å²) in [6.45, 7) is 9.51. The van der Waals surface area contributed by atoms with Crippen molar-refractivity contribution in [3.8, 4) is 55.6 Å². The second kappa shape index (κ2) is 16.5. The lowest BCUT2D eigenvalue weighted by Crippen LogP contribution is -2.29. The molecule has 12 aromatic carbocycles. The van der Waals surface area contributed by atoms with Crippen LogP contribution in [-0.2, 0) is 16.2 Å². The average Bonchev–Trinajstić information content (AvgIpc) is 4.03. The molecule has 360 valence electrons. The van der Waals surface area contributed by atoms with E-state index >= 15 is 0 Å². The molecule has 0 amide bonds. The van der Waals surface area contributed by atoms with Crippen LogP contribution in [0.3, 0.4) is 0 Å². The molecule has 0 N–H and O–H groups in total. The molecular formula is C75H55N. The maximum absolute atomic E-state index is 2.49. The van der Waals surface area contributed by atoms with Crippen molar-refractivity contribution < 1.29 is 0 Å². The molecule has 76 heavy (non-hydrogen) atoms. The smallest absolute Gasteiger partial charge is 0.0719 e. The van der Waals surface area contributed by atoms with Gasteiger partial charge in [-0.3, -0.25) is 0 Å². The molecule has 0 atom stereocenters. The van der Waals surface area contributed by atoms with Crippen LogP contribution in [0.15, 0.2) is 261 Å². The van der Waals surface area contributed by atoms with Gasteiger partial charge in [-0.2, -0.15) is 0 Å². The summed E-state index contributed by atoms with van der Waals surface area (Å²) >= 11 is 0. The van der Waals surface area contributed by atoms with Crippen molar-refractivity contribution in [1.82, 2.24) is 0 Å². The second-order valence-electron chi connectivity index (χ2n) is 22.3. The van der Waals surface area contributed by atoms with Gasteiger partial charge in [0.2, 0.25) is 0 Å². The predicted octanol–water partition coefficient (Wildman–Crippen LogP) is 19.8. The molecule has 0 aromatic heterocycles. The Kier molecular flexibility index (Phi) is 9.64. The van der Waals surface area contributed by atoms with Gasteiger partial charge in [0.05, 0.1) is 5.41 Å². The van der Waals surface area contributed by atoms with Gasteiger partial charge in [0, 0.05) is 27.9 Å². The lowest BCUT2D eigenvalue weighted by Gasteiger charge is -2.35. The van der Waals surface area contributed by atoms with Crippen LogP contribution in [0, 0.1) is 0 Å². The number of hydrogen-bond donors (Lipinski definition) is 0. The third kappa shape index (κ3) is 6.14. The molecule has 15 rings (SSSR count). The molecule has 3 aliphatic carbocycles. The Labute approximate surface area is 446 Å². The van der Waals surface area contributed by atoms with E-state index in [4.69, 9.17) is 0 Å². The number of benzene rings is 12. The summed E-state index contributed by atoms with van der Waals surface area (Å²) in [6, 6.07) is 98.4. The third-order valence-corrected chi connectivity index (χ3v) is 17.7.